The van der Waals surface area contributed by atoms with Crippen molar-refractivity contribution in [2.45, 2.75) is 32.3 Å². The lowest BCUT2D eigenvalue weighted by Gasteiger charge is -2.26. The van der Waals surface area contributed by atoms with Crippen molar-refractivity contribution in [2.75, 3.05) is 6.61 Å². The number of benzene rings is 2. The standard InChI is InChI=1S/C18H20O2/c1-3-13-7-9-15(10-8-13)18(2,19)16-6-4-5-14-11-12-20-17(14)16/h4-10,19H,3,11-12H2,1-2H3. The number of fused-ring (bicyclic) bond motifs is 1. The van der Waals surface area contributed by atoms with Crippen LogP contribution in [-0.2, 0) is 18.4 Å². The molecule has 1 aliphatic rings. The Labute approximate surface area is 120 Å². The zero-order valence-corrected chi connectivity index (χ0v) is 12.0. The number of hydrogen-bond donors (Lipinski definition) is 1. The van der Waals surface area contributed by atoms with Crippen LogP contribution >= 0.6 is 0 Å². The summed E-state index contributed by atoms with van der Waals surface area (Å²) in [6.45, 7) is 4.67. The van der Waals surface area contributed by atoms with Gasteiger partial charge in [-0.25, -0.2) is 0 Å². The lowest BCUT2D eigenvalue weighted by atomic mass is 9.86. The quantitative estimate of drug-likeness (QED) is 0.924. The van der Waals surface area contributed by atoms with Gasteiger partial charge in [-0.05, 0) is 30.0 Å². The summed E-state index contributed by atoms with van der Waals surface area (Å²) in [5.74, 6) is 0.858. The highest BCUT2D eigenvalue weighted by molar-refractivity contribution is 5.50. The van der Waals surface area contributed by atoms with E-state index in [1.54, 1.807) is 0 Å². The van der Waals surface area contributed by atoms with E-state index in [1.807, 2.05) is 31.2 Å². The molecule has 0 saturated carbocycles. The Hall–Kier alpha value is -1.80. The number of ether oxygens (including phenoxy) is 1. The second kappa shape index (κ2) is 4.95. The minimum absolute atomic E-state index is 0.706. The largest absolute Gasteiger partial charge is 0.493 e. The van der Waals surface area contributed by atoms with Crippen molar-refractivity contribution in [3.63, 3.8) is 0 Å². The molecule has 0 saturated heterocycles. The molecule has 2 nitrogen and oxygen atoms in total. The van der Waals surface area contributed by atoms with Gasteiger partial charge in [0.05, 0.1) is 6.61 Å². The molecule has 1 unspecified atom stereocenters. The van der Waals surface area contributed by atoms with Gasteiger partial charge in [-0.15, -0.1) is 0 Å². The molecule has 1 heterocycles. The minimum atomic E-state index is -1.03. The van der Waals surface area contributed by atoms with E-state index in [9.17, 15) is 5.11 Å². The normalized spacial score (nSPS) is 16.4. The summed E-state index contributed by atoms with van der Waals surface area (Å²) in [7, 11) is 0. The fraction of sp³-hybridized carbons (Fsp3) is 0.333. The van der Waals surface area contributed by atoms with Crippen LogP contribution in [0.4, 0.5) is 0 Å². The van der Waals surface area contributed by atoms with Gasteiger partial charge in [-0.2, -0.15) is 0 Å². The van der Waals surface area contributed by atoms with E-state index >= 15 is 0 Å². The van der Waals surface area contributed by atoms with Gasteiger partial charge in [0.2, 0.25) is 0 Å². The third-order valence-electron chi connectivity index (χ3n) is 4.16. The van der Waals surface area contributed by atoms with Crippen LogP contribution in [0.2, 0.25) is 0 Å². The Morgan fingerprint density at radius 2 is 1.90 bits per heavy atom. The molecule has 1 aliphatic heterocycles. The van der Waals surface area contributed by atoms with Gasteiger partial charge in [0, 0.05) is 12.0 Å². The van der Waals surface area contributed by atoms with Crippen LogP contribution < -0.4 is 4.74 Å². The first-order valence-corrected chi connectivity index (χ1v) is 7.20. The molecule has 20 heavy (non-hydrogen) atoms. The van der Waals surface area contributed by atoms with Gasteiger partial charge in [-0.3, -0.25) is 0 Å². The molecular weight excluding hydrogens is 248 g/mol. The molecule has 3 rings (SSSR count). The van der Waals surface area contributed by atoms with Crippen molar-refractivity contribution >= 4 is 0 Å². The van der Waals surface area contributed by atoms with Crippen molar-refractivity contribution < 1.29 is 9.84 Å². The number of para-hydroxylation sites is 1. The molecule has 0 radical (unpaired) electrons. The average Bonchev–Trinajstić information content (AvgIpc) is 2.95. The lowest BCUT2D eigenvalue weighted by Crippen LogP contribution is -2.23. The topological polar surface area (TPSA) is 29.5 Å². The van der Waals surface area contributed by atoms with E-state index in [2.05, 4.69) is 25.1 Å². The SMILES string of the molecule is CCc1ccc(C(C)(O)c2cccc3c2OCC3)cc1. The Kier molecular flexibility index (Phi) is 3.27. The van der Waals surface area contributed by atoms with Crippen molar-refractivity contribution in [1.82, 2.24) is 0 Å². The van der Waals surface area contributed by atoms with Gasteiger partial charge in [0.25, 0.3) is 0 Å². The fourth-order valence-electron chi connectivity index (χ4n) is 2.82. The number of aryl methyl sites for hydroxylation is 1. The maximum absolute atomic E-state index is 11.0. The minimum Gasteiger partial charge on any atom is -0.493 e. The van der Waals surface area contributed by atoms with Crippen molar-refractivity contribution in [3.05, 3.63) is 64.7 Å². The first-order chi connectivity index (χ1) is 9.63. The molecule has 0 aromatic heterocycles. The molecule has 0 amide bonds. The fourth-order valence-corrected chi connectivity index (χ4v) is 2.82. The zero-order valence-electron chi connectivity index (χ0n) is 12.0. The van der Waals surface area contributed by atoms with Crippen LogP contribution in [0, 0.1) is 0 Å². The summed E-state index contributed by atoms with van der Waals surface area (Å²) in [5, 5.41) is 11.0. The molecule has 2 heteroatoms. The van der Waals surface area contributed by atoms with E-state index in [-0.39, 0.29) is 0 Å². The molecule has 104 valence electrons. The summed E-state index contributed by atoms with van der Waals surface area (Å²) in [6, 6.07) is 14.2. The van der Waals surface area contributed by atoms with Crippen molar-refractivity contribution in [3.8, 4) is 5.75 Å². The van der Waals surface area contributed by atoms with E-state index in [1.165, 1.54) is 11.1 Å². The predicted octanol–water partition coefficient (Wildman–Crippen LogP) is 3.44. The Balaban J connectivity index is 2.05. The molecule has 1 atom stereocenters. The number of aliphatic hydroxyl groups is 1. The molecule has 0 aliphatic carbocycles. The second-order valence-corrected chi connectivity index (χ2v) is 5.51. The molecule has 2 aromatic carbocycles. The molecule has 2 aromatic rings. The molecule has 0 fully saturated rings. The van der Waals surface area contributed by atoms with Crippen LogP contribution in [-0.4, -0.2) is 11.7 Å². The van der Waals surface area contributed by atoms with Crippen LogP contribution in [0.15, 0.2) is 42.5 Å². The van der Waals surface area contributed by atoms with E-state index < -0.39 is 5.60 Å². The van der Waals surface area contributed by atoms with Crippen LogP contribution in [0.1, 0.15) is 36.1 Å². The third kappa shape index (κ3) is 2.10. The predicted molar refractivity (Wildman–Crippen MR) is 80.1 cm³/mol. The van der Waals surface area contributed by atoms with Gasteiger partial charge in [0.15, 0.2) is 0 Å². The number of rotatable bonds is 3. The Morgan fingerprint density at radius 1 is 1.15 bits per heavy atom. The first kappa shape index (κ1) is 13.2. The second-order valence-electron chi connectivity index (χ2n) is 5.51. The zero-order chi connectivity index (χ0) is 14.2. The Morgan fingerprint density at radius 3 is 2.60 bits per heavy atom. The Bertz CT molecular complexity index is 612. The van der Waals surface area contributed by atoms with Crippen molar-refractivity contribution in [2.24, 2.45) is 0 Å². The lowest BCUT2D eigenvalue weighted by molar-refractivity contribution is 0.0988. The summed E-state index contributed by atoms with van der Waals surface area (Å²) in [5.41, 5.74) is 3.20. The maximum atomic E-state index is 11.0. The van der Waals surface area contributed by atoms with Gasteiger partial charge < -0.3 is 9.84 Å². The van der Waals surface area contributed by atoms with Crippen molar-refractivity contribution in [1.29, 1.82) is 0 Å². The molecule has 0 spiro atoms. The monoisotopic (exact) mass is 268 g/mol. The van der Waals surface area contributed by atoms with E-state index in [0.29, 0.717) is 6.61 Å². The van der Waals surface area contributed by atoms with E-state index in [4.69, 9.17) is 4.74 Å². The van der Waals surface area contributed by atoms with Crippen LogP contribution in [0.25, 0.3) is 0 Å². The summed E-state index contributed by atoms with van der Waals surface area (Å²) in [4.78, 5) is 0. The summed E-state index contributed by atoms with van der Waals surface area (Å²) >= 11 is 0. The highest BCUT2D eigenvalue weighted by atomic mass is 16.5. The van der Waals surface area contributed by atoms with Gasteiger partial charge >= 0.3 is 0 Å². The summed E-state index contributed by atoms with van der Waals surface area (Å²) in [6.07, 6.45) is 1.93. The molecular formula is C18H20O2. The maximum Gasteiger partial charge on any atom is 0.129 e. The smallest absolute Gasteiger partial charge is 0.129 e. The first-order valence-electron chi connectivity index (χ1n) is 7.20. The van der Waals surface area contributed by atoms with Crippen LogP contribution in [0.5, 0.6) is 5.75 Å². The number of hydrogen-bond acceptors (Lipinski definition) is 2. The van der Waals surface area contributed by atoms with Crippen LogP contribution in [0.3, 0.4) is 0 Å². The molecule has 0 bridgehead atoms. The summed E-state index contributed by atoms with van der Waals surface area (Å²) < 4.78 is 5.72. The van der Waals surface area contributed by atoms with Gasteiger partial charge in [0.1, 0.15) is 11.4 Å². The van der Waals surface area contributed by atoms with Gasteiger partial charge in [-0.1, -0.05) is 49.4 Å². The van der Waals surface area contributed by atoms with E-state index in [0.717, 1.165) is 29.7 Å². The molecule has 1 N–H and O–H groups in total. The third-order valence-corrected chi connectivity index (χ3v) is 4.16. The highest BCUT2D eigenvalue weighted by Crippen LogP contribution is 2.39. The average molecular weight is 268 g/mol. The highest BCUT2D eigenvalue weighted by Gasteiger charge is 2.31.